The van der Waals surface area contributed by atoms with Crippen molar-refractivity contribution < 1.29 is 5.11 Å². The van der Waals surface area contributed by atoms with E-state index in [0.717, 1.165) is 18.4 Å². The number of rotatable bonds is 3. The van der Waals surface area contributed by atoms with Crippen molar-refractivity contribution in [1.29, 1.82) is 0 Å². The summed E-state index contributed by atoms with van der Waals surface area (Å²) in [5.41, 5.74) is 0.772. The summed E-state index contributed by atoms with van der Waals surface area (Å²) in [7, 11) is 0. The van der Waals surface area contributed by atoms with Gasteiger partial charge in [-0.2, -0.15) is 0 Å². The molecule has 0 saturated heterocycles. The average molecular weight is 186 g/mol. The maximum atomic E-state index is 9.59. The maximum Gasteiger partial charge on any atom is 0.0805 e. The lowest BCUT2D eigenvalue weighted by atomic mass is 10.1. The molecule has 1 heterocycles. The van der Waals surface area contributed by atoms with Crippen LogP contribution >= 0.6 is 11.6 Å². The van der Waals surface area contributed by atoms with E-state index in [2.05, 4.69) is 4.98 Å². The molecule has 0 spiro atoms. The van der Waals surface area contributed by atoms with E-state index in [1.165, 1.54) is 0 Å². The zero-order valence-electron chi connectivity index (χ0n) is 7.00. The summed E-state index contributed by atoms with van der Waals surface area (Å²) in [6, 6.07) is 1.75. The Bertz CT molecular complexity index is 252. The Balaban J connectivity index is 2.79. The Hall–Kier alpha value is -0.600. The fraction of sp³-hybridized carbons (Fsp3) is 0.444. The first kappa shape index (κ1) is 9.49. The Morgan fingerprint density at radius 3 is 3.00 bits per heavy atom. The number of aromatic nitrogens is 1. The van der Waals surface area contributed by atoms with Crippen molar-refractivity contribution in [2.75, 3.05) is 0 Å². The lowest BCUT2D eigenvalue weighted by molar-refractivity contribution is 0.166. The van der Waals surface area contributed by atoms with Crippen molar-refractivity contribution in [3.05, 3.63) is 29.0 Å². The minimum Gasteiger partial charge on any atom is -0.388 e. The van der Waals surface area contributed by atoms with Crippen LogP contribution in [0.3, 0.4) is 0 Å². The Kier molecular flexibility index (Phi) is 3.50. The molecule has 0 bridgehead atoms. The molecule has 1 aromatic heterocycles. The highest BCUT2D eigenvalue weighted by Crippen LogP contribution is 2.24. The van der Waals surface area contributed by atoms with Crippen LogP contribution in [0.15, 0.2) is 18.5 Å². The van der Waals surface area contributed by atoms with Crippen LogP contribution in [0.25, 0.3) is 0 Å². The van der Waals surface area contributed by atoms with Crippen LogP contribution in [0.2, 0.25) is 5.02 Å². The predicted octanol–water partition coefficient (Wildman–Crippen LogP) is 2.57. The summed E-state index contributed by atoms with van der Waals surface area (Å²) in [5, 5.41) is 10.1. The predicted molar refractivity (Wildman–Crippen MR) is 49.1 cm³/mol. The van der Waals surface area contributed by atoms with E-state index in [4.69, 9.17) is 11.6 Å². The lowest BCUT2D eigenvalue weighted by Gasteiger charge is -2.10. The van der Waals surface area contributed by atoms with Crippen LogP contribution in [0.5, 0.6) is 0 Å². The molecule has 12 heavy (non-hydrogen) atoms. The van der Waals surface area contributed by atoms with Crippen molar-refractivity contribution in [3.63, 3.8) is 0 Å². The maximum absolute atomic E-state index is 9.59. The fourth-order valence-electron chi connectivity index (χ4n) is 1.09. The van der Waals surface area contributed by atoms with Gasteiger partial charge in [-0.1, -0.05) is 24.9 Å². The first-order valence-electron chi connectivity index (χ1n) is 4.03. The topological polar surface area (TPSA) is 33.1 Å². The summed E-state index contributed by atoms with van der Waals surface area (Å²) in [4.78, 5) is 3.84. The highest BCUT2D eigenvalue weighted by Gasteiger charge is 2.09. The van der Waals surface area contributed by atoms with Crippen LogP contribution < -0.4 is 0 Å². The zero-order valence-corrected chi connectivity index (χ0v) is 7.75. The summed E-state index contributed by atoms with van der Waals surface area (Å²) in [6.45, 7) is 2.03. The van der Waals surface area contributed by atoms with E-state index in [1.54, 1.807) is 18.5 Å². The smallest absolute Gasteiger partial charge is 0.0805 e. The molecule has 0 aliphatic carbocycles. The molecule has 0 fully saturated rings. The minimum atomic E-state index is -0.453. The highest BCUT2D eigenvalue weighted by molar-refractivity contribution is 6.31. The molecule has 0 unspecified atom stereocenters. The molecular formula is C9H12ClNO. The standard InChI is InChI=1S/C9H12ClNO/c1-2-3-9(12)7-4-5-11-6-8(7)10/h4-6,9,12H,2-3H2,1H3/t9-/m0/s1. The van der Waals surface area contributed by atoms with Crippen molar-refractivity contribution >= 4 is 11.6 Å². The molecule has 1 N–H and O–H groups in total. The van der Waals surface area contributed by atoms with Gasteiger partial charge in [-0.15, -0.1) is 0 Å². The molecule has 66 valence electrons. The average Bonchev–Trinajstić information content (AvgIpc) is 2.05. The number of hydrogen-bond acceptors (Lipinski definition) is 2. The lowest BCUT2D eigenvalue weighted by Crippen LogP contribution is -1.97. The van der Waals surface area contributed by atoms with Gasteiger partial charge in [-0.3, -0.25) is 4.98 Å². The Morgan fingerprint density at radius 1 is 1.67 bits per heavy atom. The van der Waals surface area contributed by atoms with Gasteiger partial charge in [-0.25, -0.2) is 0 Å². The first-order valence-corrected chi connectivity index (χ1v) is 4.41. The number of hydrogen-bond donors (Lipinski definition) is 1. The zero-order chi connectivity index (χ0) is 8.97. The Morgan fingerprint density at radius 2 is 2.42 bits per heavy atom. The van der Waals surface area contributed by atoms with Crippen LogP contribution in [-0.2, 0) is 0 Å². The molecule has 0 radical (unpaired) electrons. The second kappa shape index (κ2) is 4.43. The van der Waals surface area contributed by atoms with Gasteiger partial charge in [0.1, 0.15) is 0 Å². The van der Waals surface area contributed by atoms with Gasteiger partial charge >= 0.3 is 0 Å². The monoisotopic (exact) mass is 185 g/mol. The summed E-state index contributed by atoms with van der Waals surface area (Å²) in [5.74, 6) is 0. The molecule has 0 aromatic carbocycles. The molecule has 0 aliphatic heterocycles. The van der Waals surface area contributed by atoms with Crippen molar-refractivity contribution in [3.8, 4) is 0 Å². The van der Waals surface area contributed by atoms with Gasteiger partial charge in [0.05, 0.1) is 11.1 Å². The number of aliphatic hydroxyl groups is 1. The third-order valence-electron chi connectivity index (χ3n) is 1.72. The summed E-state index contributed by atoms with van der Waals surface area (Å²) in [6.07, 6.45) is 4.42. The third kappa shape index (κ3) is 2.19. The molecule has 1 atom stereocenters. The number of halogens is 1. The van der Waals surface area contributed by atoms with Gasteiger partial charge < -0.3 is 5.11 Å². The van der Waals surface area contributed by atoms with E-state index in [1.807, 2.05) is 6.92 Å². The Labute approximate surface area is 77.2 Å². The van der Waals surface area contributed by atoms with Crippen molar-refractivity contribution in [2.45, 2.75) is 25.9 Å². The number of aliphatic hydroxyl groups excluding tert-OH is 1. The van der Waals surface area contributed by atoms with Gasteiger partial charge in [-0.05, 0) is 12.5 Å². The first-order chi connectivity index (χ1) is 5.75. The molecule has 0 saturated carbocycles. The highest BCUT2D eigenvalue weighted by atomic mass is 35.5. The van der Waals surface area contributed by atoms with Crippen molar-refractivity contribution in [1.82, 2.24) is 4.98 Å². The van der Waals surface area contributed by atoms with E-state index in [9.17, 15) is 5.11 Å². The SMILES string of the molecule is CCC[C@H](O)c1ccncc1Cl. The molecule has 2 nitrogen and oxygen atoms in total. The molecular weight excluding hydrogens is 174 g/mol. The summed E-state index contributed by atoms with van der Waals surface area (Å²) < 4.78 is 0. The number of pyridine rings is 1. The second-order valence-corrected chi connectivity index (χ2v) is 3.11. The number of nitrogens with zero attached hydrogens (tertiary/aromatic N) is 1. The van der Waals surface area contributed by atoms with E-state index >= 15 is 0 Å². The molecule has 1 rings (SSSR count). The van der Waals surface area contributed by atoms with E-state index in [-0.39, 0.29) is 0 Å². The molecule has 1 aromatic rings. The van der Waals surface area contributed by atoms with Gasteiger partial charge in [0.25, 0.3) is 0 Å². The van der Waals surface area contributed by atoms with Crippen LogP contribution in [0.4, 0.5) is 0 Å². The van der Waals surface area contributed by atoms with E-state index in [0.29, 0.717) is 5.02 Å². The second-order valence-electron chi connectivity index (χ2n) is 2.70. The van der Waals surface area contributed by atoms with Crippen LogP contribution in [0.1, 0.15) is 31.4 Å². The van der Waals surface area contributed by atoms with E-state index < -0.39 is 6.10 Å². The van der Waals surface area contributed by atoms with Gasteiger partial charge in [0.15, 0.2) is 0 Å². The van der Waals surface area contributed by atoms with Gasteiger partial charge in [0.2, 0.25) is 0 Å². The van der Waals surface area contributed by atoms with Gasteiger partial charge in [0, 0.05) is 18.0 Å². The minimum absolute atomic E-state index is 0.453. The summed E-state index contributed by atoms with van der Waals surface area (Å²) >= 11 is 5.83. The fourth-order valence-corrected chi connectivity index (χ4v) is 1.33. The quantitative estimate of drug-likeness (QED) is 0.785. The molecule has 0 amide bonds. The largest absolute Gasteiger partial charge is 0.388 e. The normalized spacial score (nSPS) is 12.9. The van der Waals surface area contributed by atoms with Crippen molar-refractivity contribution in [2.24, 2.45) is 0 Å². The van der Waals surface area contributed by atoms with Crippen LogP contribution in [0, 0.1) is 0 Å². The third-order valence-corrected chi connectivity index (χ3v) is 2.04. The molecule has 0 aliphatic rings. The van der Waals surface area contributed by atoms with Crippen LogP contribution in [-0.4, -0.2) is 10.1 Å². The molecule has 3 heteroatoms.